The number of anilines is 2. The fourth-order valence-corrected chi connectivity index (χ4v) is 2.80. The van der Waals surface area contributed by atoms with Gasteiger partial charge in [0, 0.05) is 10.7 Å². The zero-order valence-electron chi connectivity index (χ0n) is 11.7. The summed E-state index contributed by atoms with van der Waals surface area (Å²) >= 11 is 9.09. The summed E-state index contributed by atoms with van der Waals surface area (Å²) in [6.07, 6.45) is 1.56. The van der Waals surface area contributed by atoms with E-state index in [4.69, 9.17) is 11.6 Å². The topological polar surface area (TPSA) is 109 Å². The number of amides is 2. The van der Waals surface area contributed by atoms with Crippen molar-refractivity contribution < 1.29 is 9.59 Å². The molecular formula is C14H6BrClN6O2. The smallest absolute Gasteiger partial charge is 0.278 e. The SMILES string of the molecule is O=C1Nc2ncc(Br)cc2/C1=N/N=C1\C(=O)Nc2nc(Cl)ccc21. The average molecular weight is 406 g/mol. The highest BCUT2D eigenvalue weighted by molar-refractivity contribution is 9.10. The maximum absolute atomic E-state index is 12.0. The molecule has 4 heterocycles. The van der Waals surface area contributed by atoms with Crippen molar-refractivity contribution in [2.75, 3.05) is 10.6 Å². The maximum atomic E-state index is 12.0. The van der Waals surface area contributed by atoms with Crippen molar-refractivity contribution in [2.24, 2.45) is 10.2 Å². The van der Waals surface area contributed by atoms with Crippen LogP contribution in [0.2, 0.25) is 5.15 Å². The summed E-state index contributed by atoms with van der Waals surface area (Å²) in [4.78, 5) is 32.1. The molecule has 2 aliphatic heterocycles. The Morgan fingerprint density at radius 2 is 1.67 bits per heavy atom. The molecule has 4 rings (SSSR count). The number of hydrogen-bond acceptors (Lipinski definition) is 6. The van der Waals surface area contributed by atoms with Crippen LogP contribution in [0.4, 0.5) is 11.6 Å². The minimum Gasteiger partial charge on any atom is -0.305 e. The van der Waals surface area contributed by atoms with Gasteiger partial charge in [0.1, 0.15) is 16.8 Å². The highest BCUT2D eigenvalue weighted by atomic mass is 79.9. The molecule has 0 saturated heterocycles. The molecule has 2 aromatic heterocycles. The van der Waals surface area contributed by atoms with Crippen molar-refractivity contribution in [3.8, 4) is 0 Å². The van der Waals surface area contributed by atoms with E-state index in [0.717, 1.165) is 0 Å². The summed E-state index contributed by atoms with van der Waals surface area (Å²) in [6.45, 7) is 0. The second-order valence-electron chi connectivity index (χ2n) is 4.89. The lowest BCUT2D eigenvalue weighted by Gasteiger charge is -1.97. The van der Waals surface area contributed by atoms with Gasteiger partial charge in [-0.2, -0.15) is 0 Å². The molecule has 0 unspecified atom stereocenters. The van der Waals surface area contributed by atoms with Crippen LogP contribution in [0.5, 0.6) is 0 Å². The molecule has 0 spiro atoms. The second kappa shape index (κ2) is 5.46. The monoisotopic (exact) mass is 404 g/mol. The Morgan fingerprint density at radius 1 is 1.00 bits per heavy atom. The molecule has 0 saturated carbocycles. The van der Waals surface area contributed by atoms with Crippen LogP contribution in [-0.4, -0.2) is 33.2 Å². The van der Waals surface area contributed by atoms with Gasteiger partial charge in [0.2, 0.25) is 0 Å². The molecular weight excluding hydrogens is 400 g/mol. The molecule has 0 bridgehead atoms. The Kier molecular flexibility index (Phi) is 3.39. The van der Waals surface area contributed by atoms with Crippen LogP contribution >= 0.6 is 27.5 Å². The largest absolute Gasteiger partial charge is 0.305 e. The van der Waals surface area contributed by atoms with Gasteiger partial charge in [0.25, 0.3) is 11.8 Å². The molecule has 0 radical (unpaired) electrons. The molecule has 2 N–H and O–H groups in total. The number of carbonyl (C=O) groups is 2. The molecule has 0 aliphatic carbocycles. The van der Waals surface area contributed by atoms with Crippen LogP contribution in [0.15, 0.2) is 39.1 Å². The lowest BCUT2D eigenvalue weighted by Crippen LogP contribution is -2.16. The average Bonchev–Trinajstić information content (AvgIpc) is 3.00. The molecule has 0 fully saturated rings. The second-order valence-corrected chi connectivity index (χ2v) is 6.19. The zero-order chi connectivity index (χ0) is 16.8. The predicted octanol–water partition coefficient (Wildman–Crippen LogP) is 1.99. The summed E-state index contributed by atoms with van der Waals surface area (Å²) in [5.74, 6) is -0.193. The van der Waals surface area contributed by atoms with Crippen molar-refractivity contribution in [3.63, 3.8) is 0 Å². The van der Waals surface area contributed by atoms with Crippen LogP contribution in [0, 0.1) is 0 Å². The Labute approximate surface area is 148 Å². The summed E-state index contributed by atoms with van der Waals surface area (Å²) in [5, 5.41) is 13.3. The van der Waals surface area contributed by atoms with Gasteiger partial charge in [-0.3, -0.25) is 9.59 Å². The number of halogens is 2. The Balaban J connectivity index is 1.79. The molecule has 118 valence electrons. The minimum atomic E-state index is -0.463. The number of nitrogens with one attached hydrogen (secondary N) is 2. The number of aromatic nitrogens is 2. The quantitative estimate of drug-likeness (QED) is 0.558. The van der Waals surface area contributed by atoms with Crippen molar-refractivity contribution in [3.05, 3.63) is 45.1 Å². The number of pyridine rings is 2. The van der Waals surface area contributed by atoms with Crippen LogP contribution < -0.4 is 10.6 Å². The molecule has 2 aliphatic rings. The van der Waals surface area contributed by atoms with E-state index >= 15 is 0 Å². The van der Waals surface area contributed by atoms with Gasteiger partial charge in [-0.1, -0.05) is 11.6 Å². The normalized spacial score (nSPS) is 18.6. The van der Waals surface area contributed by atoms with E-state index in [1.54, 1.807) is 24.4 Å². The third kappa shape index (κ3) is 2.38. The first-order chi connectivity index (χ1) is 11.5. The molecule has 0 aromatic carbocycles. The Bertz CT molecular complexity index is 987. The van der Waals surface area contributed by atoms with E-state index in [2.05, 4.69) is 46.7 Å². The van der Waals surface area contributed by atoms with Gasteiger partial charge >= 0.3 is 0 Å². The molecule has 2 aromatic rings. The highest BCUT2D eigenvalue weighted by Gasteiger charge is 2.30. The van der Waals surface area contributed by atoms with Crippen LogP contribution in [0.25, 0.3) is 0 Å². The lowest BCUT2D eigenvalue weighted by molar-refractivity contribution is -0.111. The lowest BCUT2D eigenvalue weighted by atomic mass is 10.2. The van der Waals surface area contributed by atoms with E-state index in [-0.39, 0.29) is 16.6 Å². The number of nitrogens with zero attached hydrogens (tertiary/aromatic N) is 4. The van der Waals surface area contributed by atoms with E-state index < -0.39 is 11.8 Å². The minimum absolute atomic E-state index is 0.0610. The maximum Gasteiger partial charge on any atom is 0.278 e. The molecule has 0 atom stereocenters. The van der Waals surface area contributed by atoms with Crippen molar-refractivity contribution in [1.82, 2.24) is 9.97 Å². The van der Waals surface area contributed by atoms with Gasteiger partial charge < -0.3 is 10.6 Å². The Hall–Kier alpha value is -2.65. The van der Waals surface area contributed by atoms with Crippen molar-refractivity contribution >= 4 is 62.4 Å². The van der Waals surface area contributed by atoms with E-state index in [0.29, 0.717) is 27.2 Å². The molecule has 10 heteroatoms. The van der Waals surface area contributed by atoms with Gasteiger partial charge in [-0.25, -0.2) is 9.97 Å². The third-order valence-corrected chi connectivity index (χ3v) is 4.01. The van der Waals surface area contributed by atoms with Crippen LogP contribution in [0.1, 0.15) is 11.1 Å². The van der Waals surface area contributed by atoms with Gasteiger partial charge in [-0.15, -0.1) is 10.2 Å². The number of fused-ring (bicyclic) bond motifs is 2. The van der Waals surface area contributed by atoms with Gasteiger partial charge in [0.05, 0.1) is 11.1 Å². The summed E-state index contributed by atoms with van der Waals surface area (Å²) in [5.41, 5.74) is 1.12. The summed E-state index contributed by atoms with van der Waals surface area (Å²) in [7, 11) is 0. The van der Waals surface area contributed by atoms with Crippen molar-refractivity contribution in [2.45, 2.75) is 0 Å². The fourth-order valence-electron chi connectivity index (χ4n) is 2.32. The highest BCUT2D eigenvalue weighted by Crippen LogP contribution is 2.26. The van der Waals surface area contributed by atoms with Gasteiger partial charge in [0.15, 0.2) is 11.4 Å². The molecule has 2 amide bonds. The van der Waals surface area contributed by atoms with E-state index in [9.17, 15) is 9.59 Å². The van der Waals surface area contributed by atoms with Crippen molar-refractivity contribution in [1.29, 1.82) is 0 Å². The zero-order valence-corrected chi connectivity index (χ0v) is 14.0. The molecule has 24 heavy (non-hydrogen) atoms. The van der Waals surface area contributed by atoms with E-state index in [1.807, 2.05) is 0 Å². The first-order valence-electron chi connectivity index (χ1n) is 6.64. The first-order valence-corrected chi connectivity index (χ1v) is 7.81. The fraction of sp³-hybridized carbons (Fsp3) is 0. The standard InChI is InChI=1S/C14H6BrClN6O2/c15-5-3-7-10(14(24)19-11(7)17-4-5)22-21-9-6-1-2-8(16)18-12(6)20-13(9)23/h1-4H,(H,17,19,22,24)(H,18,20,21,23). The molecule has 8 nitrogen and oxygen atoms in total. The number of carbonyl (C=O) groups excluding carboxylic acids is 2. The summed E-state index contributed by atoms with van der Waals surface area (Å²) in [6, 6.07) is 4.85. The van der Waals surface area contributed by atoms with Gasteiger partial charge in [-0.05, 0) is 34.1 Å². The Morgan fingerprint density at radius 3 is 2.42 bits per heavy atom. The number of hydrogen-bond donors (Lipinski definition) is 2. The summed E-state index contributed by atoms with van der Waals surface area (Å²) < 4.78 is 0.695. The van der Waals surface area contributed by atoms with Crippen LogP contribution in [0.3, 0.4) is 0 Å². The van der Waals surface area contributed by atoms with E-state index in [1.165, 1.54) is 0 Å². The number of rotatable bonds is 1. The van der Waals surface area contributed by atoms with Crippen LogP contribution in [-0.2, 0) is 9.59 Å². The predicted molar refractivity (Wildman–Crippen MR) is 91.5 cm³/mol. The first kappa shape index (κ1) is 14.9. The third-order valence-electron chi connectivity index (χ3n) is 3.37.